The Bertz CT molecular complexity index is 590. The lowest BCUT2D eigenvalue weighted by Gasteiger charge is -2.22. The largest absolute Gasteiger partial charge is 0.497 e. The van der Waals surface area contributed by atoms with Gasteiger partial charge in [0.05, 0.1) is 18.6 Å². The summed E-state index contributed by atoms with van der Waals surface area (Å²) >= 11 is 4.75. The Balaban J connectivity index is 2.37. The summed E-state index contributed by atoms with van der Waals surface area (Å²) in [7, 11) is 1.54. The van der Waals surface area contributed by atoms with Crippen LogP contribution in [0.3, 0.4) is 0 Å². The van der Waals surface area contributed by atoms with Gasteiger partial charge in [-0.1, -0.05) is 24.4 Å². The molecule has 0 radical (unpaired) electrons. The number of amides is 3. The molecule has 7 heteroatoms. The Labute approximate surface area is 121 Å². The molecule has 3 N–H and O–H groups in total. The molecule has 0 aromatic heterocycles. The average molecular weight is 293 g/mol. The first kappa shape index (κ1) is 14.3. The molecule has 1 heterocycles. The SMILES string of the molecule is COc1cccc(C2(C)NC(=O)N(CC(N)=S)C2=O)c1. The number of nitrogens with zero attached hydrogens (tertiary/aromatic N) is 1. The number of hydrogen-bond donors (Lipinski definition) is 2. The lowest BCUT2D eigenvalue weighted by atomic mass is 9.92. The Morgan fingerprint density at radius 3 is 2.80 bits per heavy atom. The van der Waals surface area contributed by atoms with Gasteiger partial charge in [-0.3, -0.25) is 9.69 Å². The molecule has 1 aliphatic heterocycles. The number of hydrogen-bond acceptors (Lipinski definition) is 4. The van der Waals surface area contributed by atoms with E-state index < -0.39 is 11.6 Å². The summed E-state index contributed by atoms with van der Waals surface area (Å²) < 4.78 is 5.13. The van der Waals surface area contributed by atoms with Crippen LogP contribution in [0.2, 0.25) is 0 Å². The number of rotatable bonds is 4. The van der Waals surface area contributed by atoms with Gasteiger partial charge < -0.3 is 15.8 Å². The first-order valence-electron chi connectivity index (χ1n) is 5.95. The highest BCUT2D eigenvalue weighted by Gasteiger charge is 2.49. The molecular weight excluding hydrogens is 278 g/mol. The molecule has 1 aromatic carbocycles. The van der Waals surface area contributed by atoms with Gasteiger partial charge in [-0.15, -0.1) is 0 Å². The molecule has 0 spiro atoms. The predicted molar refractivity (Wildman–Crippen MR) is 77.4 cm³/mol. The Kier molecular flexibility index (Phi) is 3.63. The van der Waals surface area contributed by atoms with Crippen LogP contribution in [-0.4, -0.2) is 35.5 Å². The number of nitrogens with one attached hydrogen (secondary N) is 1. The number of nitrogens with two attached hydrogens (primary N) is 1. The molecule has 1 saturated heterocycles. The van der Waals surface area contributed by atoms with E-state index >= 15 is 0 Å². The van der Waals surface area contributed by atoms with Crippen LogP contribution in [0.5, 0.6) is 5.75 Å². The third kappa shape index (κ3) is 2.32. The summed E-state index contributed by atoms with van der Waals surface area (Å²) in [5.74, 6) is 0.224. The number of ether oxygens (including phenoxy) is 1. The summed E-state index contributed by atoms with van der Waals surface area (Å²) in [5.41, 5.74) is 4.90. The second kappa shape index (κ2) is 5.09. The van der Waals surface area contributed by atoms with E-state index in [0.717, 1.165) is 4.90 Å². The zero-order chi connectivity index (χ0) is 14.9. The standard InChI is InChI=1S/C13H15N3O3S/c1-13(8-4-3-5-9(6-8)19-2)11(17)16(7-10(14)20)12(18)15-13/h3-6H,7H2,1-2H3,(H2,14,20)(H,15,18). The maximum absolute atomic E-state index is 12.5. The molecular formula is C13H15N3O3S. The molecule has 3 amide bonds. The van der Waals surface area contributed by atoms with Crippen LogP contribution < -0.4 is 15.8 Å². The minimum absolute atomic E-state index is 0.0699. The van der Waals surface area contributed by atoms with Crippen molar-refractivity contribution >= 4 is 29.1 Å². The summed E-state index contributed by atoms with van der Waals surface area (Å²) in [5, 5.41) is 2.67. The van der Waals surface area contributed by atoms with Crippen LogP contribution in [0, 0.1) is 0 Å². The maximum Gasteiger partial charge on any atom is 0.325 e. The van der Waals surface area contributed by atoms with Gasteiger partial charge in [-0.2, -0.15) is 0 Å². The van der Waals surface area contributed by atoms with Gasteiger partial charge in [-0.05, 0) is 24.6 Å². The Hall–Kier alpha value is -2.15. The molecule has 0 saturated carbocycles. The van der Waals surface area contributed by atoms with E-state index in [2.05, 4.69) is 5.32 Å². The van der Waals surface area contributed by atoms with Crippen molar-refractivity contribution in [3.63, 3.8) is 0 Å². The summed E-state index contributed by atoms with van der Waals surface area (Å²) in [6, 6.07) is 6.48. The van der Waals surface area contributed by atoms with E-state index in [0.29, 0.717) is 11.3 Å². The van der Waals surface area contributed by atoms with E-state index in [1.165, 1.54) is 7.11 Å². The summed E-state index contributed by atoms with van der Waals surface area (Å²) in [6.45, 7) is 1.57. The maximum atomic E-state index is 12.5. The van der Waals surface area contributed by atoms with Crippen LogP contribution in [0.1, 0.15) is 12.5 Å². The van der Waals surface area contributed by atoms with Gasteiger partial charge in [0.25, 0.3) is 5.91 Å². The first-order chi connectivity index (χ1) is 9.38. The van der Waals surface area contributed by atoms with Crippen LogP contribution in [0.25, 0.3) is 0 Å². The third-order valence-corrected chi connectivity index (χ3v) is 3.37. The number of thiocarbonyl (C=S) groups is 1. The van der Waals surface area contributed by atoms with E-state index in [1.54, 1.807) is 31.2 Å². The second-order valence-corrected chi connectivity index (χ2v) is 5.17. The minimum Gasteiger partial charge on any atom is -0.497 e. The molecule has 1 fully saturated rings. The molecule has 1 atom stereocenters. The Morgan fingerprint density at radius 1 is 1.50 bits per heavy atom. The number of benzene rings is 1. The fourth-order valence-electron chi connectivity index (χ4n) is 2.13. The lowest BCUT2D eigenvalue weighted by Crippen LogP contribution is -2.42. The lowest BCUT2D eigenvalue weighted by molar-refractivity contribution is -0.130. The molecule has 1 unspecified atom stereocenters. The van der Waals surface area contributed by atoms with Gasteiger partial charge in [-0.25, -0.2) is 4.79 Å². The zero-order valence-electron chi connectivity index (χ0n) is 11.2. The number of urea groups is 1. The van der Waals surface area contributed by atoms with Gasteiger partial charge in [0, 0.05) is 0 Å². The van der Waals surface area contributed by atoms with Crippen LogP contribution in [0.15, 0.2) is 24.3 Å². The van der Waals surface area contributed by atoms with E-state index in [4.69, 9.17) is 22.7 Å². The fraction of sp³-hybridized carbons (Fsp3) is 0.308. The highest BCUT2D eigenvalue weighted by molar-refractivity contribution is 7.80. The fourth-order valence-corrected chi connectivity index (χ4v) is 2.26. The van der Waals surface area contributed by atoms with E-state index in [1.807, 2.05) is 0 Å². The number of carbonyl (C=O) groups is 2. The quantitative estimate of drug-likeness (QED) is 0.632. The van der Waals surface area contributed by atoms with E-state index in [9.17, 15) is 9.59 Å². The van der Waals surface area contributed by atoms with Crippen molar-refractivity contribution in [2.45, 2.75) is 12.5 Å². The number of carbonyl (C=O) groups excluding carboxylic acids is 2. The van der Waals surface area contributed by atoms with Crippen LogP contribution in [0.4, 0.5) is 4.79 Å². The van der Waals surface area contributed by atoms with Gasteiger partial charge in [0.15, 0.2) is 0 Å². The molecule has 106 valence electrons. The van der Waals surface area contributed by atoms with Crippen molar-refractivity contribution in [3.8, 4) is 5.75 Å². The van der Waals surface area contributed by atoms with Crippen molar-refractivity contribution < 1.29 is 14.3 Å². The average Bonchev–Trinajstić information content (AvgIpc) is 2.63. The molecule has 1 aliphatic rings. The van der Waals surface area contributed by atoms with Gasteiger partial charge in [0.2, 0.25) is 0 Å². The summed E-state index contributed by atoms with van der Waals surface area (Å²) in [4.78, 5) is 25.5. The molecule has 20 heavy (non-hydrogen) atoms. The van der Waals surface area contributed by atoms with Crippen molar-refractivity contribution in [2.75, 3.05) is 13.7 Å². The van der Waals surface area contributed by atoms with Crippen molar-refractivity contribution in [1.82, 2.24) is 10.2 Å². The molecule has 1 aromatic rings. The van der Waals surface area contributed by atoms with Crippen molar-refractivity contribution in [2.24, 2.45) is 5.73 Å². The smallest absolute Gasteiger partial charge is 0.325 e. The molecule has 2 rings (SSSR count). The number of imide groups is 1. The van der Waals surface area contributed by atoms with Crippen molar-refractivity contribution in [3.05, 3.63) is 29.8 Å². The topological polar surface area (TPSA) is 84.7 Å². The first-order valence-corrected chi connectivity index (χ1v) is 6.36. The zero-order valence-corrected chi connectivity index (χ0v) is 12.0. The Morgan fingerprint density at radius 2 is 2.20 bits per heavy atom. The van der Waals surface area contributed by atoms with Gasteiger partial charge in [0.1, 0.15) is 11.3 Å². The predicted octanol–water partition coefficient (Wildman–Crippen LogP) is 0.748. The third-order valence-electron chi connectivity index (χ3n) is 3.24. The van der Waals surface area contributed by atoms with E-state index in [-0.39, 0.29) is 17.4 Å². The van der Waals surface area contributed by atoms with Crippen LogP contribution >= 0.6 is 12.2 Å². The number of methoxy groups -OCH3 is 1. The van der Waals surface area contributed by atoms with Gasteiger partial charge >= 0.3 is 6.03 Å². The molecule has 0 aliphatic carbocycles. The molecule has 0 bridgehead atoms. The van der Waals surface area contributed by atoms with Crippen LogP contribution in [-0.2, 0) is 10.3 Å². The van der Waals surface area contributed by atoms with Crippen molar-refractivity contribution in [1.29, 1.82) is 0 Å². The second-order valence-electron chi connectivity index (χ2n) is 4.64. The highest BCUT2D eigenvalue weighted by atomic mass is 32.1. The summed E-state index contributed by atoms with van der Waals surface area (Å²) in [6.07, 6.45) is 0. The monoisotopic (exact) mass is 293 g/mol. The highest BCUT2D eigenvalue weighted by Crippen LogP contribution is 2.30. The molecule has 6 nitrogen and oxygen atoms in total. The normalized spacial score (nSPS) is 21.8. The minimum atomic E-state index is -1.14.